The third kappa shape index (κ3) is 6.13. The van der Waals surface area contributed by atoms with Gasteiger partial charge in [0, 0.05) is 0 Å². The van der Waals surface area contributed by atoms with Crippen molar-refractivity contribution in [2.45, 2.75) is 0 Å². The van der Waals surface area contributed by atoms with Gasteiger partial charge in [0.2, 0.25) is 10.0 Å². The number of halogens is 2. The molecule has 11 heavy (non-hydrogen) atoms. The normalized spacial score (nSPS) is 13.3. The second-order valence-electron chi connectivity index (χ2n) is 1.53. The lowest BCUT2D eigenvalue weighted by Crippen LogP contribution is -2.30. The minimum Gasteiger partial charge on any atom is -0.250 e. The maximum Gasteiger partial charge on any atom is 0.385 e. The molecule has 0 heterocycles. The number of sulfonamides is 1. The average molecular weight is 209 g/mol. The molecule has 0 bridgehead atoms. The summed E-state index contributed by atoms with van der Waals surface area (Å²) in [5.41, 5.74) is 0. The highest BCUT2D eigenvalue weighted by molar-refractivity contribution is 8.02. The summed E-state index contributed by atoms with van der Waals surface area (Å²) in [4.78, 5) is 0. The van der Waals surface area contributed by atoms with E-state index in [1.165, 1.54) is 0 Å². The molecule has 0 radical (unpaired) electrons. The molecule has 9 heteroatoms. The maximum absolute atomic E-state index is 11.6. The Balaban J connectivity index is 4.40. The third-order valence-electron chi connectivity index (χ3n) is 0.572. The molecule has 0 atom stereocenters. The molecule has 0 amide bonds. The summed E-state index contributed by atoms with van der Waals surface area (Å²) in [6, 6.07) is 0. The Labute approximate surface area is 62.8 Å². The maximum atomic E-state index is 11.6. The van der Waals surface area contributed by atoms with Crippen molar-refractivity contribution in [1.29, 1.82) is 0 Å². The van der Waals surface area contributed by atoms with Crippen molar-refractivity contribution in [3.63, 3.8) is 0 Å². The van der Waals surface area contributed by atoms with Gasteiger partial charge in [-0.3, -0.25) is 0 Å². The third-order valence-corrected chi connectivity index (χ3v) is 3.08. The highest BCUT2D eigenvalue weighted by Crippen LogP contribution is 1.91. The van der Waals surface area contributed by atoms with Gasteiger partial charge in [0.1, 0.15) is 6.67 Å². The Morgan fingerprint density at radius 2 is 1.64 bits per heavy atom. The predicted octanol–water partition coefficient (Wildman–Crippen LogP) is -0.910. The number of hydrogen-bond acceptors (Lipinski definition) is 4. The SMILES string of the molecule is O=S(=O)(F)NS(=O)(=O)CCF. The van der Waals surface area contributed by atoms with Crippen LogP contribution in [-0.2, 0) is 20.4 Å². The fraction of sp³-hybridized carbons (Fsp3) is 1.00. The van der Waals surface area contributed by atoms with Crippen LogP contribution in [0.5, 0.6) is 0 Å². The van der Waals surface area contributed by atoms with Gasteiger partial charge in [-0.05, 0) is 0 Å². The van der Waals surface area contributed by atoms with Crippen molar-refractivity contribution in [2.75, 3.05) is 12.4 Å². The van der Waals surface area contributed by atoms with Crippen molar-refractivity contribution in [3.8, 4) is 0 Å². The summed E-state index contributed by atoms with van der Waals surface area (Å²) in [7, 11) is -9.69. The van der Waals surface area contributed by atoms with E-state index in [1.807, 2.05) is 0 Å². The van der Waals surface area contributed by atoms with Crippen LogP contribution in [0.4, 0.5) is 8.28 Å². The number of hydrogen-bond donors (Lipinski definition) is 1. The Kier molecular flexibility index (Phi) is 3.32. The van der Waals surface area contributed by atoms with E-state index in [2.05, 4.69) is 0 Å². The Morgan fingerprint density at radius 1 is 1.18 bits per heavy atom. The van der Waals surface area contributed by atoms with Crippen LogP contribution in [0, 0.1) is 0 Å². The molecule has 1 N–H and O–H groups in total. The molecule has 0 aromatic heterocycles. The van der Waals surface area contributed by atoms with Gasteiger partial charge < -0.3 is 0 Å². The first-order chi connectivity index (χ1) is 4.77. The fourth-order valence-corrected chi connectivity index (χ4v) is 2.04. The van der Waals surface area contributed by atoms with E-state index in [4.69, 9.17) is 0 Å². The topological polar surface area (TPSA) is 80.3 Å². The number of nitrogens with one attached hydrogen (secondary N) is 1. The van der Waals surface area contributed by atoms with E-state index in [0.717, 1.165) is 0 Å². The summed E-state index contributed by atoms with van der Waals surface area (Å²) in [6.45, 7) is -1.27. The molecular weight excluding hydrogens is 204 g/mol. The number of rotatable bonds is 4. The minimum absolute atomic E-state index is 0.634. The Hall–Kier alpha value is -0.280. The largest absolute Gasteiger partial charge is 0.385 e. The molecule has 0 saturated heterocycles. The van der Waals surface area contributed by atoms with Crippen molar-refractivity contribution in [1.82, 2.24) is 4.13 Å². The molecule has 0 unspecified atom stereocenters. The van der Waals surface area contributed by atoms with Crippen LogP contribution in [-0.4, -0.2) is 29.3 Å². The van der Waals surface area contributed by atoms with Crippen LogP contribution in [0.2, 0.25) is 0 Å². The van der Waals surface area contributed by atoms with E-state index < -0.39 is 32.9 Å². The summed E-state index contributed by atoms with van der Waals surface area (Å²) in [5, 5.41) is 0. The zero-order valence-electron chi connectivity index (χ0n) is 5.12. The molecule has 0 aromatic carbocycles. The van der Waals surface area contributed by atoms with Gasteiger partial charge in [0.05, 0.1) is 5.75 Å². The van der Waals surface area contributed by atoms with Gasteiger partial charge in [-0.15, -0.1) is 0 Å². The molecule has 0 rings (SSSR count). The summed E-state index contributed by atoms with van der Waals surface area (Å²) >= 11 is 0. The molecule has 0 aliphatic carbocycles. The van der Waals surface area contributed by atoms with Crippen LogP contribution in [0.25, 0.3) is 0 Å². The second-order valence-corrected chi connectivity index (χ2v) is 4.71. The lowest BCUT2D eigenvalue weighted by Gasteiger charge is -1.97. The zero-order valence-corrected chi connectivity index (χ0v) is 6.75. The van der Waals surface area contributed by atoms with Gasteiger partial charge in [-0.25, -0.2) is 12.8 Å². The smallest absolute Gasteiger partial charge is 0.250 e. The minimum atomic E-state index is -5.31. The van der Waals surface area contributed by atoms with E-state index in [9.17, 15) is 25.1 Å². The molecule has 0 aliphatic rings. The quantitative estimate of drug-likeness (QED) is 0.608. The monoisotopic (exact) mass is 209 g/mol. The van der Waals surface area contributed by atoms with Crippen molar-refractivity contribution in [3.05, 3.63) is 0 Å². The average Bonchev–Trinajstić information content (AvgIpc) is 1.55. The molecule has 0 spiro atoms. The molecular formula is C2H5F2NO4S2. The molecule has 0 fully saturated rings. The summed E-state index contributed by atoms with van der Waals surface area (Å²) in [6.07, 6.45) is 0. The lowest BCUT2D eigenvalue weighted by atomic mass is 10.9. The van der Waals surface area contributed by atoms with E-state index in [1.54, 1.807) is 0 Å². The van der Waals surface area contributed by atoms with Gasteiger partial charge in [-0.1, -0.05) is 8.01 Å². The van der Waals surface area contributed by atoms with Gasteiger partial charge in [-0.2, -0.15) is 8.42 Å². The number of alkyl halides is 1. The van der Waals surface area contributed by atoms with Crippen LogP contribution in [0.3, 0.4) is 0 Å². The summed E-state index contributed by atoms with van der Waals surface area (Å²) < 4.78 is 63.4. The summed E-state index contributed by atoms with van der Waals surface area (Å²) in [5.74, 6) is -1.07. The van der Waals surface area contributed by atoms with Crippen molar-refractivity contribution in [2.24, 2.45) is 0 Å². The molecule has 0 aromatic rings. The first-order valence-electron chi connectivity index (χ1n) is 2.29. The van der Waals surface area contributed by atoms with Crippen LogP contribution < -0.4 is 4.13 Å². The molecule has 68 valence electrons. The van der Waals surface area contributed by atoms with Crippen molar-refractivity contribution < 1.29 is 25.1 Å². The highest BCUT2D eigenvalue weighted by atomic mass is 32.3. The van der Waals surface area contributed by atoms with Gasteiger partial charge >= 0.3 is 10.4 Å². The molecule has 5 nitrogen and oxygen atoms in total. The zero-order chi connectivity index (χ0) is 9.12. The Morgan fingerprint density at radius 3 is 1.91 bits per heavy atom. The van der Waals surface area contributed by atoms with Crippen LogP contribution in [0.1, 0.15) is 0 Å². The van der Waals surface area contributed by atoms with Gasteiger partial charge in [0.25, 0.3) is 0 Å². The van der Waals surface area contributed by atoms with Crippen LogP contribution in [0.15, 0.2) is 0 Å². The van der Waals surface area contributed by atoms with Gasteiger partial charge in [0.15, 0.2) is 0 Å². The van der Waals surface area contributed by atoms with Crippen molar-refractivity contribution >= 4 is 20.4 Å². The first-order valence-corrected chi connectivity index (χ1v) is 5.32. The van der Waals surface area contributed by atoms with E-state index in [0.29, 0.717) is 4.13 Å². The highest BCUT2D eigenvalue weighted by Gasteiger charge is 2.18. The second kappa shape index (κ2) is 3.41. The van der Waals surface area contributed by atoms with E-state index >= 15 is 0 Å². The fourth-order valence-electron chi connectivity index (χ4n) is 0.295. The lowest BCUT2D eigenvalue weighted by molar-refractivity contribution is 0.513. The van der Waals surface area contributed by atoms with E-state index in [-0.39, 0.29) is 0 Å². The first kappa shape index (κ1) is 10.7. The predicted molar refractivity (Wildman–Crippen MR) is 32.9 cm³/mol. The molecule has 0 aliphatic heterocycles. The van der Waals surface area contributed by atoms with Crippen LogP contribution >= 0.6 is 0 Å². The Bertz CT molecular complexity index is 305. The standard InChI is InChI=1S/C2H5F2NO4S2/c3-1-2-10(6,7)5-11(4,8)9/h5H,1-2H2. The molecule has 0 saturated carbocycles.